The lowest BCUT2D eigenvalue weighted by Crippen LogP contribution is -2.32. The summed E-state index contributed by atoms with van der Waals surface area (Å²) in [5, 5.41) is 12.8. The fourth-order valence-corrected chi connectivity index (χ4v) is 4.35. The minimum Gasteiger partial charge on any atom is -0.503 e. The number of aliphatic hydroxyl groups is 1. The van der Waals surface area contributed by atoms with E-state index in [9.17, 15) is 14.7 Å². The predicted octanol–water partition coefficient (Wildman–Crippen LogP) is 5.54. The predicted molar refractivity (Wildman–Crippen MR) is 123 cm³/mol. The van der Waals surface area contributed by atoms with Crippen LogP contribution in [-0.2, 0) is 16.0 Å². The molecule has 1 N–H and O–H groups in total. The Morgan fingerprint density at radius 1 is 0.968 bits per heavy atom. The molecule has 0 saturated carbocycles. The second-order valence-corrected chi connectivity index (χ2v) is 7.99. The van der Waals surface area contributed by atoms with Crippen LogP contribution in [-0.4, -0.2) is 28.2 Å². The number of ketones is 1. The first-order chi connectivity index (χ1) is 15.1. The van der Waals surface area contributed by atoms with Crippen molar-refractivity contribution in [3.05, 3.63) is 95.3 Å². The number of benzene rings is 3. The van der Waals surface area contributed by atoms with Crippen molar-refractivity contribution in [1.82, 2.24) is 4.90 Å². The largest absolute Gasteiger partial charge is 0.503 e. The number of carbonyl (C=O) groups excluding carboxylic acids is 2. The van der Waals surface area contributed by atoms with E-state index in [0.29, 0.717) is 13.0 Å². The highest BCUT2D eigenvalue weighted by molar-refractivity contribution is 6.09. The van der Waals surface area contributed by atoms with Gasteiger partial charge in [-0.25, -0.2) is 0 Å². The molecule has 0 aliphatic carbocycles. The van der Waals surface area contributed by atoms with E-state index in [-0.39, 0.29) is 17.8 Å². The van der Waals surface area contributed by atoms with Gasteiger partial charge in [0.1, 0.15) is 0 Å². The minimum absolute atomic E-state index is 0.174. The van der Waals surface area contributed by atoms with E-state index < -0.39 is 17.7 Å². The Hall–Kier alpha value is -3.40. The molecule has 1 aliphatic rings. The number of Topliss-reactive ketones (excluding diaryl/α,β-unsaturated/α-hetero) is 1. The third-order valence-electron chi connectivity index (χ3n) is 5.96. The molecule has 0 radical (unpaired) electrons. The molecule has 0 spiro atoms. The Kier molecular flexibility index (Phi) is 6.17. The van der Waals surface area contributed by atoms with Gasteiger partial charge in [-0.15, -0.1) is 0 Å². The standard InChI is InChI=1S/C27H27NO3/c1-2-3-18-28-25(22-15-9-13-20-12-7-8-14-21(20)22)24(26(30)27(28)31)23(29)17-16-19-10-5-4-6-11-19/h4-15,25,30H,2-3,16-18H2,1H3. The van der Waals surface area contributed by atoms with Crippen LogP contribution in [0.15, 0.2) is 84.1 Å². The monoisotopic (exact) mass is 413 g/mol. The van der Waals surface area contributed by atoms with Crippen molar-refractivity contribution in [3.63, 3.8) is 0 Å². The molecule has 4 heteroatoms. The van der Waals surface area contributed by atoms with Gasteiger partial charge in [0.05, 0.1) is 11.6 Å². The van der Waals surface area contributed by atoms with Gasteiger partial charge in [-0.3, -0.25) is 9.59 Å². The molecule has 1 unspecified atom stereocenters. The summed E-state index contributed by atoms with van der Waals surface area (Å²) in [5.41, 5.74) is 2.17. The SMILES string of the molecule is CCCCN1C(=O)C(O)=C(C(=O)CCc2ccccc2)C1c1cccc2ccccc12. The van der Waals surface area contributed by atoms with E-state index in [1.807, 2.05) is 72.8 Å². The molecule has 4 nitrogen and oxygen atoms in total. The molecular formula is C27H27NO3. The summed E-state index contributed by atoms with van der Waals surface area (Å²) in [6, 6.07) is 23.1. The minimum atomic E-state index is -0.562. The van der Waals surface area contributed by atoms with E-state index in [0.717, 1.165) is 34.7 Å². The van der Waals surface area contributed by atoms with Crippen LogP contribution in [0.25, 0.3) is 10.8 Å². The van der Waals surface area contributed by atoms with Crippen LogP contribution in [0.2, 0.25) is 0 Å². The van der Waals surface area contributed by atoms with Crippen molar-refractivity contribution in [2.24, 2.45) is 0 Å². The third kappa shape index (κ3) is 4.11. The maximum atomic E-state index is 13.3. The Balaban J connectivity index is 1.73. The van der Waals surface area contributed by atoms with Crippen LogP contribution < -0.4 is 0 Å². The number of hydrogen-bond donors (Lipinski definition) is 1. The van der Waals surface area contributed by atoms with Crippen molar-refractivity contribution < 1.29 is 14.7 Å². The zero-order valence-electron chi connectivity index (χ0n) is 17.8. The normalized spacial score (nSPS) is 16.4. The molecule has 1 atom stereocenters. The number of aryl methyl sites for hydroxylation is 1. The highest BCUT2D eigenvalue weighted by atomic mass is 16.3. The van der Waals surface area contributed by atoms with Gasteiger partial charge in [0.2, 0.25) is 0 Å². The van der Waals surface area contributed by atoms with Gasteiger partial charge in [0.25, 0.3) is 5.91 Å². The second-order valence-electron chi connectivity index (χ2n) is 7.99. The summed E-state index contributed by atoms with van der Waals surface area (Å²) in [6.07, 6.45) is 2.55. The van der Waals surface area contributed by atoms with Crippen LogP contribution >= 0.6 is 0 Å². The van der Waals surface area contributed by atoms with Gasteiger partial charge >= 0.3 is 0 Å². The number of aliphatic hydroxyl groups excluding tert-OH is 1. The molecule has 158 valence electrons. The van der Waals surface area contributed by atoms with Crippen LogP contribution in [0.5, 0.6) is 0 Å². The number of fused-ring (bicyclic) bond motifs is 1. The first kappa shape index (κ1) is 20.9. The number of amides is 1. The second kappa shape index (κ2) is 9.17. The Bertz CT molecular complexity index is 1130. The lowest BCUT2D eigenvalue weighted by molar-refractivity contribution is -0.129. The molecule has 3 aromatic carbocycles. The van der Waals surface area contributed by atoms with Gasteiger partial charge in [0.15, 0.2) is 11.5 Å². The molecule has 1 heterocycles. The van der Waals surface area contributed by atoms with Crippen molar-refractivity contribution in [2.45, 2.75) is 38.6 Å². The van der Waals surface area contributed by atoms with Crippen molar-refractivity contribution in [1.29, 1.82) is 0 Å². The molecule has 1 amide bonds. The molecule has 0 saturated heterocycles. The molecule has 0 fully saturated rings. The maximum absolute atomic E-state index is 13.3. The smallest absolute Gasteiger partial charge is 0.290 e. The summed E-state index contributed by atoms with van der Waals surface area (Å²) in [6.45, 7) is 2.56. The topological polar surface area (TPSA) is 57.6 Å². The fraction of sp³-hybridized carbons (Fsp3) is 0.259. The molecule has 4 rings (SSSR count). The van der Waals surface area contributed by atoms with E-state index >= 15 is 0 Å². The van der Waals surface area contributed by atoms with Crippen LogP contribution in [0.3, 0.4) is 0 Å². The molecule has 1 aliphatic heterocycles. The number of nitrogens with zero attached hydrogens (tertiary/aromatic N) is 1. The number of unbranched alkanes of at least 4 members (excludes halogenated alkanes) is 1. The average Bonchev–Trinajstić information content (AvgIpc) is 3.06. The summed E-state index contributed by atoms with van der Waals surface area (Å²) in [5.74, 6) is -1.02. The lowest BCUT2D eigenvalue weighted by Gasteiger charge is -2.28. The van der Waals surface area contributed by atoms with Crippen LogP contribution in [0, 0.1) is 0 Å². The highest BCUT2D eigenvalue weighted by Crippen LogP contribution is 2.41. The number of rotatable bonds is 8. The van der Waals surface area contributed by atoms with Gasteiger partial charge in [-0.2, -0.15) is 0 Å². The summed E-state index contributed by atoms with van der Waals surface area (Å²) >= 11 is 0. The average molecular weight is 414 g/mol. The van der Waals surface area contributed by atoms with Crippen molar-refractivity contribution in [2.75, 3.05) is 6.54 Å². The van der Waals surface area contributed by atoms with Crippen LogP contribution in [0.4, 0.5) is 0 Å². The van der Waals surface area contributed by atoms with Gasteiger partial charge in [-0.1, -0.05) is 86.1 Å². The summed E-state index contributed by atoms with van der Waals surface area (Å²) in [7, 11) is 0. The Morgan fingerprint density at radius 2 is 1.68 bits per heavy atom. The first-order valence-corrected chi connectivity index (χ1v) is 10.9. The molecular weight excluding hydrogens is 386 g/mol. The van der Waals surface area contributed by atoms with Gasteiger partial charge in [-0.05, 0) is 34.7 Å². The maximum Gasteiger partial charge on any atom is 0.290 e. The lowest BCUT2D eigenvalue weighted by atomic mass is 9.90. The summed E-state index contributed by atoms with van der Waals surface area (Å²) in [4.78, 5) is 28.0. The Labute approximate surface area is 182 Å². The number of carbonyl (C=O) groups is 2. The molecule has 31 heavy (non-hydrogen) atoms. The summed E-state index contributed by atoms with van der Waals surface area (Å²) < 4.78 is 0. The van der Waals surface area contributed by atoms with Crippen molar-refractivity contribution in [3.8, 4) is 0 Å². The quantitative estimate of drug-likeness (QED) is 0.528. The van der Waals surface area contributed by atoms with E-state index in [4.69, 9.17) is 0 Å². The molecule has 3 aromatic rings. The Morgan fingerprint density at radius 3 is 2.45 bits per heavy atom. The van der Waals surface area contributed by atoms with Gasteiger partial charge in [0, 0.05) is 13.0 Å². The highest BCUT2D eigenvalue weighted by Gasteiger charge is 2.43. The third-order valence-corrected chi connectivity index (χ3v) is 5.96. The molecule has 0 bridgehead atoms. The van der Waals surface area contributed by atoms with E-state index in [1.165, 1.54) is 0 Å². The first-order valence-electron chi connectivity index (χ1n) is 10.9. The van der Waals surface area contributed by atoms with E-state index in [1.54, 1.807) is 4.90 Å². The van der Waals surface area contributed by atoms with Crippen LogP contribution in [0.1, 0.15) is 43.4 Å². The molecule has 0 aromatic heterocycles. The fourth-order valence-electron chi connectivity index (χ4n) is 4.35. The van der Waals surface area contributed by atoms with Gasteiger partial charge < -0.3 is 10.0 Å². The van der Waals surface area contributed by atoms with Crippen molar-refractivity contribution >= 4 is 22.5 Å². The zero-order chi connectivity index (χ0) is 21.8. The van der Waals surface area contributed by atoms with E-state index in [2.05, 4.69) is 6.92 Å². The number of hydrogen-bond acceptors (Lipinski definition) is 3. The zero-order valence-corrected chi connectivity index (χ0v) is 17.8.